The van der Waals surface area contributed by atoms with E-state index in [4.69, 9.17) is 18.9 Å². The summed E-state index contributed by atoms with van der Waals surface area (Å²) in [6.45, 7) is 0.355. The Balaban J connectivity index is 1.63. The number of nitrogens with zero attached hydrogens (tertiary/aromatic N) is 1. The quantitative estimate of drug-likeness (QED) is 0.722. The third-order valence-corrected chi connectivity index (χ3v) is 4.78. The van der Waals surface area contributed by atoms with Crippen LogP contribution in [-0.2, 0) is 4.79 Å². The second-order valence-corrected chi connectivity index (χ2v) is 6.61. The maximum atomic E-state index is 12.5. The first kappa shape index (κ1) is 21.1. The Morgan fingerprint density at radius 3 is 2.13 bits per heavy atom. The molecule has 1 atom stereocenters. The first-order valence-electron chi connectivity index (χ1n) is 9.31. The fourth-order valence-corrected chi connectivity index (χ4v) is 3.31. The maximum absolute atomic E-state index is 12.5. The van der Waals surface area contributed by atoms with E-state index in [1.807, 2.05) is 0 Å². The van der Waals surface area contributed by atoms with Crippen molar-refractivity contribution in [2.75, 3.05) is 45.2 Å². The summed E-state index contributed by atoms with van der Waals surface area (Å²) in [7, 11) is 6.15. The van der Waals surface area contributed by atoms with E-state index in [2.05, 4.69) is 10.6 Å². The van der Waals surface area contributed by atoms with Crippen LogP contribution < -0.4 is 34.5 Å². The monoisotopic (exact) mass is 415 g/mol. The molecule has 1 aliphatic rings. The lowest BCUT2D eigenvalue weighted by Crippen LogP contribution is -2.39. The number of nitrogens with one attached hydrogen (secondary N) is 2. The molecule has 0 unspecified atom stereocenters. The number of amides is 3. The maximum Gasteiger partial charge on any atom is 0.319 e. The molecule has 2 aromatic rings. The van der Waals surface area contributed by atoms with Gasteiger partial charge >= 0.3 is 6.03 Å². The normalized spacial score (nSPS) is 15.5. The Morgan fingerprint density at radius 2 is 1.50 bits per heavy atom. The molecule has 0 bridgehead atoms. The topological polar surface area (TPSA) is 98.4 Å². The Bertz CT molecular complexity index is 933. The molecule has 1 saturated heterocycles. The Morgan fingerprint density at radius 1 is 0.900 bits per heavy atom. The third kappa shape index (κ3) is 4.51. The third-order valence-electron chi connectivity index (χ3n) is 4.78. The molecule has 1 fully saturated rings. The highest BCUT2D eigenvalue weighted by molar-refractivity contribution is 5.98. The van der Waals surface area contributed by atoms with Crippen LogP contribution in [0.5, 0.6) is 23.0 Å². The van der Waals surface area contributed by atoms with Crippen molar-refractivity contribution in [3.8, 4) is 23.0 Å². The van der Waals surface area contributed by atoms with E-state index >= 15 is 0 Å². The van der Waals surface area contributed by atoms with Crippen molar-refractivity contribution in [1.82, 2.24) is 5.32 Å². The molecule has 0 aromatic heterocycles. The first-order valence-corrected chi connectivity index (χ1v) is 9.31. The summed E-state index contributed by atoms with van der Waals surface area (Å²) in [5.74, 6) is 2.10. The van der Waals surface area contributed by atoms with Crippen LogP contribution in [0.1, 0.15) is 6.42 Å². The molecule has 0 aliphatic carbocycles. The molecule has 0 spiro atoms. The minimum Gasteiger partial charge on any atom is -0.493 e. The lowest BCUT2D eigenvalue weighted by atomic mass is 10.2. The van der Waals surface area contributed by atoms with Crippen molar-refractivity contribution in [1.29, 1.82) is 0 Å². The number of anilines is 2. The number of methoxy groups -OCH3 is 4. The standard InChI is InChI=1S/C21H25N3O6/c1-27-16-7-5-13(9-18(16)29-3)22-21(26)23-14-10-20(25)24(12-14)15-6-8-17(28-2)19(11-15)30-4/h5-9,11,14H,10,12H2,1-4H3,(H2,22,23,26)/t14-/m0/s1. The molecule has 9 heteroatoms. The second kappa shape index (κ2) is 9.25. The largest absolute Gasteiger partial charge is 0.493 e. The Labute approximate surface area is 174 Å². The van der Waals surface area contributed by atoms with E-state index in [-0.39, 0.29) is 18.4 Å². The molecule has 3 amide bonds. The summed E-state index contributed by atoms with van der Waals surface area (Å²) >= 11 is 0. The molecular formula is C21H25N3O6. The minimum absolute atomic E-state index is 0.0846. The molecule has 1 heterocycles. The van der Waals surface area contributed by atoms with Crippen molar-refractivity contribution < 1.29 is 28.5 Å². The number of urea groups is 1. The molecule has 3 rings (SSSR count). The predicted molar refractivity (Wildman–Crippen MR) is 112 cm³/mol. The lowest BCUT2D eigenvalue weighted by molar-refractivity contribution is -0.117. The van der Waals surface area contributed by atoms with Crippen LogP contribution in [-0.4, -0.2) is 53.0 Å². The predicted octanol–water partition coefficient (Wildman–Crippen LogP) is 2.65. The van der Waals surface area contributed by atoms with Gasteiger partial charge in [0.15, 0.2) is 23.0 Å². The van der Waals surface area contributed by atoms with E-state index in [1.54, 1.807) is 55.5 Å². The number of hydrogen-bond donors (Lipinski definition) is 2. The second-order valence-electron chi connectivity index (χ2n) is 6.61. The zero-order chi connectivity index (χ0) is 21.7. The van der Waals surface area contributed by atoms with Crippen molar-refractivity contribution in [2.24, 2.45) is 0 Å². The average Bonchev–Trinajstić information content (AvgIpc) is 3.12. The fraction of sp³-hybridized carbons (Fsp3) is 0.333. The van der Waals surface area contributed by atoms with Crippen molar-refractivity contribution in [2.45, 2.75) is 12.5 Å². The summed E-state index contributed by atoms with van der Waals surface area (Å²) in [6, 6.07) is 9.59. The molecule has 30 heavy (non-hydrogen) atoms. The minimum atomic E-state index is -0.408. The molecule has 2 N–H and O–H groups in total. The van der Waals surface area contributed by atoms with Gasteiger partial charge in [0.2, 0.25) is 5.91 Å². The van der Waals surface area contributed by atoms with E-state index in [1.165, 1.54) is 14.2 Å². The number of ether oxygens (including phenoxy) is 4. The molecule has 0 radical (unpaired) electrons. The highest BCUT2D eigenvalue weighted by Crippen LogP contribution is 2.33. The van der Waals surface area contributed by atoms with Crippen LogP contribution in [0.2, 0.25) is 0 Å². The smallest absolute Gasteiger partial charge is 0.319 e. The summed E-state index contributed by atoms with van der Waals surface area (Å²) < 4.78 is 21.0. The molecule has 0 saturated carbocycles. The van der Waals surface area contributed by atoms with Crippen molar-refractivity contribution in [3.05, 3.63) is 36.4 Å². The van der Waals surface area contributed by atoms with Gasteiger partial charge in [-0.3, -0.25) is 4.79 Å². The zero-order valence-corrected chi connectivity index (χ0v) is 17.4. The average molecular weight is 415 g/mol. The molecule has 9 nitrogen and oxygen atoms in total. The van der Waals surface area contributed by atoms with Crippen LogP contribution in [0.4, 0.5) is 16.2 Å². The van der Waals surface area contributed by atoms with Crippen LogP contribution in [0.15, 0.2) is 36.4 Å². The summed E-state index contributed by atoms with van der Waals surface area (Å²) in [4.78, 5) is 26.5. The number of rotatable bonds is 7. The molecule has 1 aliphatic heterocycles. The van der Waals surface area contributed by atoms with Gasteiger partial charge in [0, 0.05) is 36.5 Å². The number of carbonyl (C=O) groups excluding carboxylic acids is 2. The van der Waals surface area contributed by atoms with Crippen LogP contribution in [0.25, 0.3) is 0 Å². The van der Waals surface area contributed by atoms with Gasteiger partial charge in [0.05, 0.1) is 34.5 Å². The molecule has 2 aromatic carbocycles. The van der Waals surface area contributed by atoms with Gasteiger partial charge in [-0.1, -0.05) is 0 Å². The van der Waals surface area contributed by atoms with E-state index in [0.717, 1.165) is 0 Å². The van der Waals surface area contributed by atoms with Gasteiger partial charge in [-0.25, -0.2) is 4.79 Å². The molecular weight excluding hydrogens is 390 g/mol. The van der Waals surface area contributed by atoms with Crippen LogP contribution >= 0.6 is 0 Å². The van der Waals surface area contributed by atoms with E-state index in [9.17, 15) is 9.59 Å². The Hall–Kier alpha value is -3.62. The van der Waals surface area contributed by atoms with Gasteiger partial charge in [0.25, 0.3) is 0 Å². The van der Waals surface area contributed by atoms with Crippen LogP contribution in [0.3, 0.4) is 0 Å². The summed E-state index contributed by atoms with van der Waals surface area (Å²) in [6.07, 6.45) is 0.202. The van der Waals surface area contributed by atoms with Gasteiger partial charge in [-0.05, 0) is 24.3 Å². The molecule has 160 valence electrons. The SMILES string of the molecule is COc1ccc(NC(=O)N[C@H]2CC(=O)N(c3ccc(OC)c(OC)c3)C2)cc1OC. The lowest BCUT2D eigenvalue weighted by Gasteiger charge is -2.19. The first-order chi connectivity index (χ1) is 14.5. The van der Waals surface area contributed by atoms with Gasteiger partial charge in [0.1, 0.15) is 0 Å². The van der Waals surface area contributed by atoms with Crippen LogP contribution in [0, 0.1) is 0 Å². The highest BCUT2D eigenvalue weighted by atomic mass is 16.5. The number of benzene rings is 2. The zero-order valence-electron chi connectivity index (χ0n) is 17.4. The number of hydrogen-bond acceptors (Lipinski definition) is 6. The van der Waals surface area contributed by atoms with Gasteiger partial charge in [-0.15, -0.1) is 0 Å². The summed E-state index contributed by atoms with van der Waals surface area (Å²) in [5, 5.41) is 5.58. The highest BCUT2D eigenvalue weighted by Gasteiger charge is 2.32. The van der Waals surface area contributed by atoms with Gasteiger partial charge in [-0.2, -0.15) is 0 Å². The fourth-order valence-electron chi connectivity index (χ4n) is 3.31. The number of carbonyl (C=O) groups is 2. The van der Waals surface area contributed by atoms with Crippen molar-refractivity contribution >= 4 is 23.3 Å². The van der Waals surface area contributed by atoms with Crippen molar-refractivity contribution in [3.63, 3.8) is 0 Å². The van der Waals surface area contributed by atoms with E-state index < -0.39 is 6.03 Å². The Kier molecular flexibility index (Phi) is 6.51. The van der Waals surface area contributed by atoms with Gasteiger partial charge < -0.3 is 34.5 Å². The van der Waals surface area contributed by atoms with E-state index in [0.29, 0.717) is 40.9 Å². The summed E-state index contributed by atoms with van der Waals surface area (Å²) in [5.41, 5.74) is 1.23.